The van der Waals surface area contributed by atoms with E-state index < -0.39 is 0 Å². The number of hydrogen-bond donors (Lipinski definition) is 2. The Hall–Kier alpha value is -1.60. The Kier molecular flexibility index (Phi) is 9.07. The fourth-order valence-corrected chi connectivity index (χ4v) is 3.66. The fourth-order valence-electron chi connectivity index (χ4n) is 3.66. The molecule has 2 aromatic rings. The molecule has 0 bridgehead atoms. The molecule has 5 heteroatoms. The number of halogens is 1. The van der Waals surface area contributed by atoms with Crippen LogP contribution in [0.25, 0.3) is 10.8 Å². The molecular formula is C22H31IN4. The van der Waals surface area contributed by atoms with Gasteiger partial charge in [0.1, 0.15) is 0 Å². The van der Waals surface area contributed by atoms with Crippen LogP contribution in [-0.4, -0.2) is 50.1 Å². The van der Waals surface area contributed by atoms with Gasteiger partial charge in [0.25, 0.3) is 0 Å². The van der Waals surface area contributed by atoms with Gasteiger partial charge >= 0.3 is 0 Å². The second kappa shape index (κ2) is 11.3. The highest BCUT2D eigenvalue weighted by Gasteiger charge is 2.18. The van der Waals surface area contributed by atoms with Crippen LogP contribution in [-0.2, 0) is 6.42 Å². The van der Waals surface area contributed by atoms with Crippen LogP contribution in [0, 0.1) is 0 Å². The zero-order valence-electron chi connectivity index (χ0n) is 16.2. The molecule has 146 valence electrons. The highest BCUT2D eigenvalue weighted by atomic mass is 127. The summed E-state index contributed by atoms with van der Waals surface area (Å²) in [6.45, 7) is 7.94. The summed E-state index contributed by atoms with van der Waals surface area (Å²) >= 11 is 0. The third kappa shape index (κ3) is 6.21. The van der Waals surface area contributed by atoms with E-state index in [1.165, 1.54) is 16.3 Å². The number of nitrogens with zero attached hydrogens (tertiary/aromatic N) is 2. The maximum absolute atomic E-state index is 4.40. The fraction of sp³-hybridized carbons (Fsp3) is 0.409. The molecule has 1 heterocycles. The molecule has 1 saturated heterocycles. The number of piperidine rings is 1. The first kappa shape index (κ1) is 21.7. The quantitative estimate of drug-likeness (QED) is 0.287. The smallest absolute Gasteiger partial charge is 0.191 e. The minimum absolute atomic E-state index is 0. The molecule has 4 nitrogen and oxygen atoms in total. The lowest BCUT2D eigenvalue weighted by Gasteiger charge is -2.32. The third-order valence-corrected chi connectivity index (χ3v) is 5.11. The predicted molar refractivity (Wildman–Crippen MR) is 127 cm³/mol. The third-order valence-electron chi connectivity index (χ3n) is 5.11. The zero-order valence-corrected chi connectivity index (χ0v) is 18.5. The summed E-state index contributed by atoms with van der Waals surface area (Å²) < 4.78 is 0. The maximum atomic E-state index is 4.40. The maximum Gasteiger partial charge on any atom is 0.191 e. The summed E-state index contributed by atoms with van der Waals surface area (Å²) in [6.07, 6.45) is 5.27. The van der Waals surface area contributed by atoms with Crippen LogP contribution in [0.2, 0.25) is 0 Å². The van der Waals surface area contributed by atoms with Crippen LogP contribution in [0.4, 0.5) is 0 Å². The van der Waals surface area contributed by atoms with Gasteiger partial charge in [0.05, 0.1) is 0 Å². The van der Waals surface area contributed by atoms with Crippen LogP contribution in [0.1, 0.15) is 18.4 Å². The van der Waals surface area contributed by atoms with Crippen molar-refractivity contribution in [2.24, 2.45) is 4.99 Å². The minimum Gasteiger partial charge on any atom is -0.356 e. The van der Waals surface area contributed by atoms with Gasteiger partial charge in [0.15, 0.2) is 5.96 Å². The average Bonchev–Trinajstić information content (AvgIpc) is 2.69. The molecule has 27 heavy (non-hydrogen) atoms. The first-order chi connectivity index (χ1) is 12.8. The normalized spacial score (nSPS) is 16.0. The van der Waals surface area contributed by atoms with Crippen molar-refractivity contribution in [3.8, 4) is 0 Å². The number of aliphatic imine (C=N–C) groups is 1. The second-order valence-corrected chi connectivity index (χ2v) is 6.90. The summed E-state index contributed by atoms with van der Waals surface area (Å²) in [4.78, 5) is 6.84. The second-order valence-electron chi connectivity index (χ2n) is 6.90. The molecule has 2 aromatic carbocycles. The van der Waals surface area contributed by atoms with E-state index in [0.29, 0.717) is 6.04 Å². The first-order valence-electron chi connectivity index (χ1n) is 9.57. The zero-order chi connectivity index (χ0) is 18.2. The monoisotopic (exact) mass is 478 g/mol. The van der Waals surface area contributed by atoms with Crippen LogP contribution in [0.5, 0.6) is 0 Å². The van der Waals surface area contributed by atoms with E-state index in [-0.39, 0.29) is 24.0 Å². The van der Waals surface area contributed by atoms with Gasteiger partial charge in [-0.15, -0.1) is 30.6 Å². The van der Waals surface area contributed by atoms with Gasteiger partial charge in [-0.25, -0.2) is 0 Å². The minimum atomic E-state index is 0. The van der Waals surface area contributed by atoms with Crippen LogP contribution in [0.3, 0.4) is 0 Å². The Balaban J connectivity index is 0.00000261. The largest absolute Gasteiger partial charge is 0.356 e. The Labute approximate surface area is 180 Å². The van der Waals surface area contributed by atoms with E-state index in [0.717, 1.165) is 51.4 Å². The predicted octanol–water partition coefficient (Wildman–Crippen LogP) is 3.82. The van der Waals surface area contributed by atoms with Crippen molar-refractivity contribution in [1.29, 1.82) is 0 Å². The lowest BCUT2D eigenvalue weighted by molar-refractivity contribution is 0.225. The van der Waals surface area contributed by atoms with Gasteiger partial charge in [0.2, 0.25) is 0 Å². The van der Waals surface area contributed by atoms with E-state index in [1.807, 2.05) is 13.1 Å². The van der Waals surface area contributed by atoms with Crippen LogP contribution >= 0.6 is 24.0 Å². The summed E-state index contributed by atoms with van der Waals surface area (Å²) in [5.41, 5.74) is 1.38. The molecule has 1 aliphatic rings. The molecule has 0 amide bonds. The van der Waals surface area contributed by atoms with Gasteiger partial charge in [-0.05, 0) is 35.6 Å². The Bertz CT molecular complexity index is 746. The van der Waals surface area contributed by atoms with E-state index in [9.17, 15) is 0 Å². The topological polar surface area (TPSA) is 39.7 Å². The molecule has 0 aromatic heterocycles. The van der Waals surface area contributed by atoms with Crippen molar-refractivity contribution in [2.45, 2.75) is 25.3 Å². The lowest BCUT2D eigenvalue weighted by Crippen LogP contribution is -2.49. The van der Waals surface area contributed by atoms with E-state index in [4.69, 9.17) is 0 Å². The highest BCUT2D eigenvalue weighted by Crippen LogP contribution is 2.18. The van der Waals surface area contributed by atoms with Crippen molar-refractivity contribution in [1.82, 2.24) is 15.5 Å². The van der Waals surface area contributed by atoms with Crippen molar-refractivity contribution in [3.63, 3.8) is 0 Å². The Morgan fingerprint density at radius 1 is 1.19 bits per heavy atom. The van der Waals surface area contributed by atoms with Gasteiger partial charge in [0, 0.05) is 39.3 Å². The van der Waals surface area contributed by atoms with Gasteiger partial charge < -0.3 is 10.6 Å². The van der Waals surface area contributed by atoms with Crippen molar-refractivity contribution >= 4 is 40.7 Å². The number of benzene rings is 2. The number of likely N-dealkylation sites (tertiary alicyclic amines) is 1. The van der Waals surface area contributed by atoms with E-state index in [2.05, 4.69) is 69.6 Å². The molecule has 0 radical (unpaired) electrons. The molecule has 3 rings (SSSR count). The van der Waals surface area contributed by atoms with E-state index in [1.54, 1.807) is 0 Å². The number of guanidine groups is 1. The SMILES string of the molecule is C=CCN1CCC(NC(=NC)NCCc2cccc3ccccc23)CC1.I. The summed E-state index contributed by atoms with van der Waals surface area (Å²) in [7, 11) is 1.85. The van der Waals surface area contributed by atoms with Gasteiger partial charge in [-0.1, -0.05) is 48.5 Å². The highest BCUT2D eigenvalue weighted by molar-refractivity contribution is 14.0. The molecule has 0 spiro atoms. The molecular weight excluding hydrogens is 447 g/mol. The molecule has 0 unspecified atom stereocenters. The molecule has 1 fully saturated rings. The molecule has 0 atom stereocenters. The van der Waals surface area contributed by atoms with Crippen molar-refractivity contribution in [3.05, 3.63) is 60.7 Å². The molecule has 1 aliphatic heterocycles. The first-order valence-corrected chi connectivity index (χ1v) is 9.57. The van der Waals surface area contributed by atoms with Crippen LogP contribution < -0.4 is 10.6 Å². The van der Waals surface area contributed by atoms with Crippen LogP contribution in [0.15, 0.2) is 60.1 Å². The van der Waals surface area contributed by atoms with Crippen molar-refractivity contribution in [2.75, 3.05) is 33.2 Å². The molecule has 0 saturated carbocycles. The lowest BCUT2D eigenvalue weighted by atomic mass is 10.0. The average molecular weight is 478 g/mol. The Morgan fingerprint density at radius 2 is 1.93 bits per heavy atom. The summed E-state index contributed by atoms with van der Waals surface area (Å²) in [5, 5.41) is 9.70. The van der Waals surface area contributed by atoms with Crippen molar-refractivity contribution < 1.29 is 0 Å². The van der Waals surface area contributed by atoms with Gasteiger partial charge in [-0.2, -0.15) is 0 Å². The standard InChI is InChI=1S/C22H30N4.HI/c1-3-15-26-16-12-20(13-17-26)25-22(23-2)24-14-11-19-9-6-8-18-7-4-5-10-21(18)19;/h3-10,20H,1,11-17H2,2H3,(H2,23,24,25);1H. The molecule has 2 N–H and O–H groups in total. The number of fused-ring (bicyclic) bond motifs is 1. The molecule has 0 aliphatic carbocycles. The number of hydrogen-bond acceptors (Lipinski definition) is 2. The summed E-state index contributed by atoms with van der Waals surface area (Å²) in [6, 6.07) is 15.6. The Morgan fingerprint density at radius 3 is 2.67 bits per heavy atom. The number of rotatable bonds is 6. The van der Waals surface area contributed by atoms with Gasteiger partial charge in [-0.3, -0.25) is 9.89 Å². The number of nitrogens with one attached hydrogen (secondary N) is 2. The summed E-state index contributed by atoms with van der Waals surface area (Å²) in [5.74, 6) is 0.910. The van der Waals surface area contributed by atoms with E-state index >= 15 is 0 Å².